The second-order valence-corrected chi connectivity index (χ2v) is 8.57. The van der Waals surface area contributed by atoms with E-state index in [0.717, 1.165) is 18.4 Å². The monoisotopic (exact) mass is 466 g/mol. The van der Waals surface area contributed by atoms with Crippen molar-refractivity contribution < 1.29 is 28.7 Å². The highest BCUT2D eigenvalue weighted by Crippen LogP contribution is 2.29. The van der Waals surface area contributed by atoms with Gasteiger partial charge in [0.05, 0.1) is 31.1 Å². The number of ether oxygens (including phenoxy) is 2. The van der Waals surface area contributed by atoms with Crippen molar-refractivity contribution in [3.05, 3.63) is 52.1 Å². The van der Waals surface area contributed by atoms with Crippen LogP contribution in [-0.4, -0.2) is 48.3 Å². The number of carbonyl (C=O) groups is 2. The Morgan fingerprint density at radius 2 is 1.79 bits per heavy atom. The first kappa shape index (κ1) is 23.7. The van der Waals surface area contributed by atoms with Crippen LogP contribution < -0.4 is 9.47 Å². The van der Waals surface area contributed by atoms with E-state index in [2.05, 4.69) is 10.1 Å². The van der Waals surface area contributed by atoms with Crippen molar-refractivity contribution in [2.24, 2.45) is 4.99 Å². The van der Waals surface area contributed by atoms with E-state index in [1.165, 1.54) is 0 Å². The molecule has 0 atom stereocenters. The molecular weight excluding hydrogens is 436 g/mol. The van der Waals surface area contributed by atoms with E-state index in [1.54, 1.807) is 14.2 Å². The van der Waals surface area contributed by atoms with Gasteiger partial charge in [0, 0.05) is 44.4 Å². The quantitative estimate of drug-likeness (QED) is 0.454. The largest absolute Gasteiger partial charge is 0.511 e. The molecule has 2 aliphatic carbocycles. The van der Waals surface area contributed by atoms with Crippen LogP contribution in [0.25, 0.3) is 0 Å². The Kier molecular flexibility index (Phi) is 7.45. The molecule has 1 N–H and O–H groups in total. The Balaban J connectivity index is 1.47. The predicted molar refractivity (Wildman–Crippen MR) is 126 cm³/mol. The van der Waals surface area contributed by atoms with E-state index in [-0.39, 0.29) is 23.7 Å². The fraction of sp³-hybridized carbons (Fsp3) is 0.462. The highest BCUT2D eigenvalue weighted by atomic mass is 16.5. The predicted octanol–water partition coefficient (Wildman–Crippen LogP) is 4.39. The minimum Gasteiger partial charge on any atom is -0.511 e. The lowest BCUT2D eigenvalue weighted by Crippen LogP contribution is -2.22. The van der Waals surface area contributed by atoms with Crippen molar-refractivity contribution in [2.45, 2.75) is 57.8 Å². The first-order valence-electron chi connectivity index (χ1n) is 11.7. The van der Waals surface area contributed by atoms with Crippen LogP contribution in [0.5, 0.6) is 11.5 Å². The lowest BCUT2D eigenvalue weighted by molar-refractivity contribution is -0.115. The third kappa shape index (κ3) is 5.05. The molecule has 2 aliphatic rings. The fourth-order valence-corrected chi connectivity index (χ4v) is 4.59. The maximum Gasteiger partial charge on any atom is 0.168 e. The summed E-state index contributed by atoms with van der Waals surface area (Å²) in [5, 5.41) is 14.9. The van der Waals surface area contributed by atoms with Crippen molar-refractivity contribution in [3.8, 4) is 11.5 Å². The highest BCUT2D eigenvalue weighted by molar-refractivity contribution is 6.24. The summed E-state index contributed by atoms with van der Waals surface area (Å²) in [6.07, 6.45) is 4.94. The number of benzene rings is 1. The number of aliphatic hydroxyl groups excluding tert-OH is 1. The van der Waals surface area contributed by atoms with Crippen LogP contribution in [0.1, 0.15) is 65.9 Å². The van der Waals surface area contributed by atoms with Gasteiger partial charge in [0.25, 0.3) is 0 Å². The lowest BCUT2D eigenvalue weighted by atomic mass is 9.88. The standard InChI is InChI=1S/C26H30N2O6/c1-32-22-12-9-16(15-24(22)33-2)13-14-27-17-5-3-6-19(29)25(17)21(31)11-10-18-26-20(30)7-4-8-23(26)34-28-18/h9,12,15,31H,3-8,10-11,13-14H2,1-2H3. The van der Waals surface area contributed by atoms with Gasteiger partial charge in [-0.05, 0) is 43.4 Å². The normalized spacial score (nSPS) is 18.7. The molecule has 0 spiro atoms. The number of rotatable bonds is 8. The SMILES string of the molecule is COc1ccc(CCN=C2CCCC(=O)C2=C(O)CCc2noc3c2C(=O)CCC3)cc1OC. The average molecular weight is 467 g/mol. The number of aryl methyl sites for hydroxylation is 2. The highest BCUT2D eigenvalue weighted by Gasteiger charge is 2.28. The number of fused-ring (bicyclic) bond motifs is 1. The number of hydrogen-bond acceptors (Lipinski definition) is 8. The van der Waals surface area contributed by atoms with Crippen LogP contribution in [0.4, 0.5) is 0 Å². The van der Waals surface area contributed by atoms with Crippen molar-refractivity contribution >= 4 is 17.3 Å². The van der Waals surface area contributed by atoms with Crippen LogP contribution in [-0.2, 0) is 24.1 Å². The zero-order chi connectivity index (χ0) is 24.1. The zero-order valence-electron chi connectivity index (χ0n) is 19.7. The summed E-state index contributed by atoms with van der Waals surface area (Å²) >= 11 is 0. The second kappa shape index (κ2) is 10.7. The Morgan fingerprint density at radius 3 is 2.59 bits per heavy atom. The van der Waals surface area contributed by atoms with Crippen LogP contribution in [0.15, 0.2) is 39.0 Å². The summed E-state index contributed by atoms with van der Waals surface area (Å²) in [6, 6.07) is 5.73. The molecule has 1 aromatic carbocycles. The lowest BCUT2D eigenvalue weighted by Gasteiger charge is -2.18. The molecule has 0 aliphatic heterocycles. The summed E-state index contributed by atoms with van der Waals surface area (Å²) in [4.78, 5) is 29.6. The summed E-state index contributed by atoms with van der Waals surface area (Å²) in [7, 11) is 3.19. The third-order valence-corrected chi connectivity index (χ3v) is 6.34. The molecule has 1 fully saturated rings. The van der Waals surface area contributed by atoms with E-state index < -0.39 is 0 Å². The van der Waals surface area contributed by atoms with Crippen LogP contribution in [0.3, 0.4) is 0 Å². The first-order chi connectivity index (χ1) is 16.5. The molecule has 0 amide bonds. The average Bonchev–Trinajstić information content (AvgIpc) is 3.27. The maximum atomic E-state index is 12.7. The molecular formula is C26H30N2O6. The van der Waals surface area contributed by atoms with Gasteiger partial charge in [-0.2, -0.15) is 0 Å². The van der Waals surface area contributed by atoms with Gasteiger partial charge in [0.15, 0.2) is 23.1 Å². The molecule has 0 saturated heterocycles. The number of nitrogens with zero attached hydrogens (tertiary/aromatic N) is 2. The van der Waals surface area contributed by atoms with E-state index in [4.69, 9.17) is 14.0 Å². The number of carbonyl (C=O) groups excluding carboxylic acids is 2. The molecule has 1 saturated carbocycles. The summed E-state index contributed by atoms with van der Waals surface area (Å²) < 4.78 is 16.0. The van der Waals surface area contributed by atoms with Crippen LogP contribution in [0.2, 0.25) is 0 Å². The van der Waals surface area contributed by atoms with Gasteiger partial charge in [-0.15, -0.1) is 0 Å². The zero-order valence-corrected chi connectivity index (χ0v) is 19.7. The molecule has 1 aromatic heterocycles. The molecule has 0 unspecified atom stereocenters. The molecule has 8 nitrogen and oxygen atoms in total. The fourth-order valence-electron chi connectivity index (χ4n) is 4.59. The number of aliphatic imine (C=N–C) groups is 1. The number of methoxy groups -OCH3 is 2. The molecule has 0 bridgehead atoms. The maximum absolute atomic E-state index is 12.7. The molecule has 2 aromatic rings. The van der Waals surface area contributed by atoms with Crippen LogP contribution in [0, 0.1) is 0 Å². The van der Waals surface area contributed by atoms with Gasteiger partial charge in [0.2, 0.25) is 0 Å². The van der Waals surface area contributed by atoms with E-state index >= 15 is 0 Å². The molecule has 8 heteroatoms. The third-order valence-electron chi connectivity index (χ3n) is 6.34. The Hall–Kier alpha value is -3.42. The summed E-state index contributed by atoms with van der Waals surface area (Å²) in [5.41, 5.74) is 3.12. The molecule has 0 radical (unpaired) electrons. The Labute approximate surface area is 198 Å². The molecule has 1 heterocycles. The van der Waals surface area contributed by atoms with E-state index in [9.17, 15) is 14.7 Å². The van der Waals surface area contributed by atoms with Crippen LogP contribution >= 0.6 is 0 Å². The van der Waals surface area contributed by atoms with Crippen molar-refractivity contribution in [1.82, 2.24) is 5.16 Å². The number of allylic oxidation sites excluding steroid dienone is 2. The van der Waals surface area contributed by atoms with Gasteiger partial charge in [-0.1, -0.05) is 11.2 Å². The van der Waals surface area contributed by atoms with Gasteiger partial charge in [-0.25, -0.2) is 0 Å². The molecule has 180 valence electrons. The van der Waals surface area contributed by atoms with Crippen molar-refractivity contribution in [1.29, 1.82) is 0 Å². The summed E-state index contributed by atoms with van der Waals surface area (Å²) in [6.45, 7) is 0.486. The Morgan fingerprint density at radius 1 is 1.03 bits per heavy atom. The number of aromatic nitrogens is 1. The smallest absolute Gasteiger partial charge is 0.168 e. The van der Waals surface area contributed by atoms with Crippen molar-refractivity contribution in [2.75, 3.05) is 20.8 Å². The second-order valence-electron chi connectivity index (χ2n) is 8.57. The molecule has 34 heavy (non-hydrogen) atoms. The molecule has 4 rings (SSSR count). The van der Waals surface area contributed by atoms with Gasteiger partial charge < -0.3 is 19.1 Å². The van der Waals surface area contributed by atoms with E-state index in [0.29, 0.717) is 84.9 Å². The Bertz CT molecular complexity index is 1140. The van der Waals surface area contributed by atoms with Crippen molar-refractivity contribution in [3.63, 3.8) is 0 Å². The topological polar surface area (TPSA) is 111 Å². The van der Waals surface area contributed by atoms with E-state index in [1.807, 2.05) is 18.2 Å². The number of ketones is 2. The number of aliphatic hydroxyl groups is 1. The minimum absolute atomic E-state index is 0.00887. The number of Topliss-reactive ketones (excluding diaryl/α,β-unsaturated/α-hetero) is 2. The van der Waals surface area contributed by atoms with Gasteiger partial charge in [-0.3, -0.25) is 14.6 Å². The summed E-state index contributed by atoms with van der Waals surface area (Å²) in [5.74, 6) is 1.91. The van der Waals surface area contributed by atoms with Gasteiger partial charge >= 0.3 is 0 Å². The minimum atomic E-state index is -0.0909. The number of hydrogen-bond donors (Lipinski definition) is 1. The first-order valence-corrected chi connectivity index (χ1v) is 11.7. The van der Waals surface area contributed by atoms with Gasteiger partial charge in [0.1, 0.15) is 11.5 Å².